The summed E-state index contributed by atoms with van der Waals surface area (Å²) in [5, 5.41) is 0. The van der Waals surface area contributed by atoms with Gasteiger partial charge in [0.05, 0.1) is 12.6 Å². The Hall–Kier alpha value is -2.31. The molecule has 1 aromatic heterocycles. The van der Waals surface area contributed by atoms with Crippen LogP contribution in [0.4, 0.5) is 10.6 Å². The summed E-state index contributed by atoms with van der Waals surface area (Å²) in [6, 6.07) is 3.75. The van der Waals surface area contributed by atoms with Crippen molar-refractivity contribution in [2.24, 2.45) is 0 Å². The van der Waals surface area contributed by atoms with Crippen molar-refractivity contribution in [2.75, 3.05) is 31.6 Å². The smallest absolute Gasteiger partial charge is 0.410 e. The van der Waals surface area contributed by atoms with Gasteiger partial charge >= 0.3 is 12.1 Å². The number of hydrogen-bond donors (Lipinski definition) is 0. The zero-order valence-electron chi connectivity index (χ0n) is 16.8. The molecule has 0 bridgehead atoms. The number of hydrogen-bond acceptors (Lipinski definition) is 6. The van der Waals surface area contributed by atoms with Gasteiger partial charge in [-0.25, -0.2) is 14.6 Å². The molecule has 0 spiro atoms. The number of ether oxygens (including phenoxy) is 2. The average molecular weight is 363 g/mol. The molecular weight excluding hydrogens is 334 g/mol. The Kier molecular flexibility index (Phi) is 5.49. The number of piperazine rings is 1. The Bertz CT molecular complexity index is 695. The molecule has 0 unspecified atom stereocenters. The molecule has 0 atom stereocenters. The first kappa shape index (κ1) is 20.0. The van der Waals surface area contributed by atoms with Crippen molar-refractivity contribution in [1.29, 1.82) is 0 Å². The van der Waals surface area contributed by atoms with Crippen molar-refractivity contribution in [3.8, 4) is 0 Å². The first-order valence-corrected chi connectivity index (χ1v) is 8.76. The highest BCUT2D eigenvalue weighted by molar-refractivity contribution is 5.89. The molecule has 1 aromatic rings. The highest BCUT2D eigenvalue weighted by Gasteiger charge is 2.39. The van der Waals surface area contributed by atoms with E-state index in [0.717, 1.165) is 5.56 Å². The SMILES string of the molecule is COC(=O)c1nc(N2CCN(C(=O)OC(C)(C)C)C(C)(C)C2)ccc1C. The average Bonchev–Trinajstić information content (AvgIpc) is 2.51. The first-order valence-electron chi connectivity index (χ1n) is 8.76. The van der Waals surface area contributed by atoms with Crippen LogP contribution in [-0.2, 0) is 9.47 Å². The summed E-state index contributed by atoms with van der Waals surface area (Å²) in [5.41, 5.74) is 0.126. The van der Waals surface area contributed by atoms with Crippen molar-refractivity contribution < 1.29 is 19.1 Å². The number of pyridine rings is 1. The van der Waals surface area contributed by atoms with Crippen LogP contribution in [0.1, 0.15) is 50.7 Å². The van der Waals surface area contributed by atoms with Gasteiger partial charge < -0.3 is 14.4 Å². The lowest BCUT2D eigenvalue weighted by Crippen LogP contribution is -2.62. The Labute approximate surface area is 155 Å². The van der Waals surface area contributed by atoms with Crippen LogP contribution in [0.15, 0.2) is 12.1 Å². The molecule has 2 rings (SSSR count). The van der Waals surface area contributed by atoms with Gasteiger partial charge in [-0.05, 0) is 53.2 Å². The molecule has 0 saturated carbocycles. The number of nitrogens with zero attached hydrogens (tertiary/aromatic N) is 3. The maximum absolute atomic E-state index is 12.5. The first-order chi connectivity index (χ1) is 11.9. The van der Waals surface area contributed by atoms with Crippen molar-refractivity contribution in [3.63, 3.8) is 0 Å². The summed E-state index contributed by atoms with van der Waals surface area (Å²) in [7, 11) is 1.35. The minimum absolute atomic E-state index is 0.311. The van der Waals surface area contributed by atoms with Crippen molar-refractivity contribution in [3.05, 3.63) is 23.4 Å². The minimum Gasteiger partial charge on any atom is -0.464 e. The zero-order chi connectivity index (χ0) is 19.7. The molecule has 0 N–H and O–H groups in total. The van der Waals surface area contributed by atoms with E-state index in [0.29, 0.717) is 31.1 Å². The largest absolute Gasteiger partial charge is 0.464 e. The van der Waals surface area contributed by atoms with Gasteiger partial charge in [-0.3, -0.25) is 4.90 Å². The molecule has 1 aliphatic heterocycles. The lowest BCUT2D eigenvalue weighted by Gasteiger charge is -2.47. The van der Waals surface area contributed by atoms with E-state index >= 15 is 0 Å². The van der Waals surface area contributed by atoms with Crippen LogP contribution >= 0.6 is 0 Å². The van der Waals surface area contributed by atoms with Crippen molar-refractivity contribution in [1.82, 2.24) is 9.88 Å². The lowest BCUT2D eigenvalue weighted by molar-refractivity contribution is 0.000308. The third-order valence-corrected chi connectivity index (χ3v) is 4.30. The van der Waals surface area contributed by atoms with Crippen molar-refractivity contribution in [2.45, 2.75) is 52.7 Å². The molecule has 1 fully saturated rings. The van der Waals surface area contributed by atoms with Crippen molar-refractivity contribution >= 4 is 17.9 Å². The summed E-state index contributed by atoms with van der Waals surface area (Å²) < 4.78 is 10.3. The molecule has 7 heteroatoms. The van der Waals surface area contributed by atoms with E-state index < -0.39 is 17.1 Å². The fourth-order valence-electron chi connectivity index (χ4n) is 3.00. The van der Waals surface area contributed by atoms with Crippen LogP contribution in [0.25, 0.3) is 0 Å². The molecule has 0 aromatic carbocycles. The summed E-state index contributed by atoms with van der Waals surface area (Å²) >= 11 is 0. The second-order valence-electron chi connectivity index (χ2n) is 8.19. The third kappa shape index (κ3) is 4.45. The number of esters is 1. The van der Waals surface area contributed by atoms with Gasteiger partial charge in [0.25, 0.3) is 0 Å². The van der Waals surface area contributed by atoms with E-state index in [2.05, 4.69) is 9.88 Å². The summed E-state index contributed by atoms with van der Waals surface area (Å²) in [5.74, 6) is 0.254. The van der Waals surface area contributed by atoms with E-state index in [1.165, 1.54) is 7.11 Å². The van der Waals surface area contributed by atoms with E-state index in [4.69, 9.17) is 9.47 Å². The molecule has 1 saturated heterocycles. The van der Waals surface area contributed by atoms with Gasteiger partial charge in [-0.1, -0.05) is 6.07 Å². The van der Waals surface area contributed by atoms with Crippen LogP contribution < -0.4 is 4.90 Å². The van der Waals surface area contributed by atoms with Crippen LogP contribution in [0.5, 0.6) is 0 Å². The van der Waals surface area contributed by atoms with Crippen LogP contribution in [0.2, 0.25) is 0 Å². The minimum atomic E-state index is -0.530. The molecule has 0 aliphatic carbocycles. The molecule has 1 amide bonds. The summed E-state index contributed by atoms with van der Waals surface area (Å²) in [4.78, 5) is 32.7. The molecule has 144 valence electrons. The molecule has 2 heterocycles. The Morgan fingerprint density at radius 2 is 1.85 bits per heavy atom. The normalized spacial score (nSPS) is 17.0. The molecule has 1 aliphatic rings. The number of rotatable bonds is 2. The molecule has 26 heavy (non-hydrogen) atoms. The Morgan fingerprint density at radius 1 is 1.19 bits per heavy atom. The lowest BCUT2D eigenvalue weighted by atomic mass is 9.99. The second-order valence-corrected chi connectivity index (χ2v) is 8.19. The Morgan fingerprint density at radius 3 is 2.38 bits per heavy atom. The number of methoxy groups -OCH3 is 1. The fraction of sp³-hybridized carbons (Fsp3) is 0.632. The van der Waals surface area contributed by atoms with E-state index in [-0.39, 0.29) is 6.09 Å². The van der Waals surface area contributed by atoms with Gasteiger partial charge in [0.1, 0.15) is 11.4 Å². The van der Waals surface area contributed by atoms with E-state index in [1.54, 1.807) is 4.90 Å². The van der Waals surface area contributed by atoms with Gasteiger partial charge in [0.2, 0.25) is 0 Å². The fourth-order valence-corrected chi connectivity index (χ4v) is 3.00. The van der Waals surface area contributed by atoms with Crippen LogP contribution in [0, 0.1) is 6.92 Å². The third-order valence-electron chi connectivity index (χ3n) is 4.30. The van der Waals surface area contributed by atoms with E-state index in [1.807, 2.05) is 53.7 Å². The van der Waals surface area contributed by atoms with Gasteiger partial charge in [-0.2, -0.15) is 0 Å². The molecule has 0 radical (unpaired) electrons. The maximum atomic E-state index is 12.5. The number of amides is 1. The topological polar surface area (TPSA) is 72.0 Å². The van der Waals surface area contributed by atoms with Gasteiger partial charge in [0, 0.05) is 19.6 Å². The molecular formula is C19H29N3O4. The number of carbonyl (C=O) groups excluding carboxylic acids is 2. The number of anilines is 1. The number of aromatic nitrogens is 1. The van der Waals surface area contributed by atoms with Crippen LogP contribution in [-0.4, -0.2) is 59.8 Å². The monoisotopic (exact) mass is 363 g/mol. The predicted molar refractivity (Wildman–Crippen MR) is 99.5 cm³/mol. The van der Waals surface area contributed by atoms with Gasteiger partial charge in [-0.15, -0.1) is 0 Å². The maximum Gasteiger partial charge on any atom is 0.410 e. The van der Waals surface area contributed by atoms with Crippen LogP contribution in [0.3, 0.4) is 0 Å². The Balaban J connectivity index is 2.19. The second kappa shape index (κ2) is 7.13. The van der Waals surface area contributed by atoms with E-state index in [9.17, 15) is 9.59 Å². The summed E-state index contributed by atoms with van der Waals surface area (Å²) in [6.45, 7) is 13.1. The van der Waals surface area contributed by atoms with Gasteiger partial charge in [0.15, 0.2) is 5.69 Å². The number of carbonyl (C=O) groups is 2. The highest BCUT2D eigenvalue weighted by Crippen LogP contribution is 2.27. The standard InChI is InChI=1S/C19H29N3O4/c1-13-8-9-14(20-15(13)16(23)25-7)21-10-11-22(19(5,6)12-21)17(24)26-18(2,3)4/h8-9H,10-12H2,1-7H3. The molecule has 7 nitrogen and oxygen atoms in total. The quantitative estimate of drug-likeness (QED) is 0.752. The highest BCUT2D eigenvalue weighted by atomic mass is 16.6. The summed E-state index contributed by atoms with van der Waals surface area (Å²) in [6.07, 6.45) is -0.311. The predicted octanol–water partition coefficient (Wildman–Crippen LogP) is 3.01. The zero-order valence-corrected chi connectivity index (χ0v) is 16.8. The number of aryl methyl sites for hydroxylation is 1.